The number of carbonyl (C=O) groups is 2. The Labute approximate surface area is 174 Å². The molecule has 2 N–H and O–H groups in total. The molecule has 0 saturated heterocycles. The number of benzene rings is 3. The van der Waals surface area contributed by atoms with Crippen LogP contribution in [-0.4, -0.2) is 20.2 Å². The van der Waals surface area contributed by atoms with Crippen molar-refractivity contribution in [1.29, 1.82) is 0 Å². The number of amides is 2. The molecule has 154 valence electrons. The number of carbonyl (C=O) groups excluding carboxylic acids is 2. The van der Waals surface area contributed by atoms with Gasteiger partial charge in [0.05, 0.1) is 5.56 Å². The lowest BCUT2D eigenvalue weighted by Gasteiger charge is -2.12. The predicted octanol–water partition coefficient (Wildman–Crippen LogP) is 3.34. The molecular weight excluding hydrogens is 404 g/mol. The third kappa shape index (κ3) is 5.45. The Morgan fingerprint density at radius 3 is 2.17 bits per heavy atom. The number of hydrogen-bond acceptors (Lipinski definition) is 5. The largest absolute Gasteiger partial charge is 0.378 e. The summed E-state index contributed by atoms with van der Waals surface area (Å²) in [5.74, 6) is -0.744. The summed E-state index contributed by atoms with van der Waals surface area (Å²) in [7, 11) is -4.16. The van der Waals surface area contributed by atoms with E-state index >= 15 is 0 Å². The Hall–Kier alpha value is -3.65. The summed E-state index contributed by atoms with van der Waals surface area (Å²) >= 11 is 0. The first-order valence-corrected chi connectivity index (χ1v) is 10.5. The van der Waals surface area contributed by atoms with Gasteiger partial charge in [-0.3, -0.25) is 9.59 Å². The normalized spacial score (nSPS) is 10.8. The van der Waals surface area contributed by atoms with Crippen LogP contribution in [-0.2, 0) is 21.5 Å². The van der Waals surface area contributed by atoms with Gasteiger partial charge in [-0.15, -0.1) is 0 Å². The van der Waals surface area contributed by atoms with Gasteiger partial charge in [-0.1, -0.05) is 42.5 Å². The highest BCUT2D eigenvalue weighted by atomic mass is 32.2. The summed E-state index contributed by atoms with van der Waals surface area (Å²) in [5, 5.41) is 5.34. The molecule has 0 aliphatic heterocycles. The summed E-state index contributed by atoms with van der Waals surface area (Å²) in [5.41, 5.74) is 1.41. The molecule has 0 bridgehead atoms. The summed E-state index contributed by atoms with van der Waals surface area (Å²) < 4.78 is 30.6. The van der Waals surface area contributed by atoms with Crippen LogP contribution in [0, 0.1) is 0 Å². The molecule has 0 radical (unpaired) electrons. The van der Waals surface area contributed by atoms with Crippen LogP contribution in [0.4, 0.5) is 5.69 Å². The first-order valence-electron chi connectivity index (χ1n) is 9.08. The second kappa shape index (κ2) is 9.23. The zero-order valence-electron chi connectivity index (χ0n) is 16.2. The Balaban J connectivity index is 1.78. The van der Waals surface area contributed by atoms with Crippen molar-refractivity contribution in [2.45, 2.75) is 18.4 Å². The van der Waals surface area contributed by atoms with E-state index in [0.717, 1.165) is 5.56 Å². The molecule has 2 amide bonds. The Bertz CT molecular complexity index is 1140. The molecule has 3 aromatic carbocycles. The highest BCUT2D eigenvalue weighted by molar-refractivity contribution is 7.87. The predicted molar refractivity (Wildman–Crippen MR) is 113 cm³/mol. The Morgan fingerprint density at radius 1 is 0.867 bits per heavy atom. The molecule has 0 spiro atoms. The van der Waals surface area contributed by atoms with Crippen molar-refractivity contribution < 1.29 is 22.2 Å². The number of para-hydroxylation sites is 2. The number of nitrogens with one attached hydrogen (secondary N) is 2. The molecular formula is C22H20N2O5S. The highest BCUT2D eigenvalue weighted by Crippen LogP contribution is 2.24. The molecule has 3 rings (SSSR count). The van der Waals surface area contributed by atoms with Crippen molar-refractivity contribution in [3.63, 3.8) is 0 Å². The summed E-state index contributed by atoms with van der Waals surface area (Å²) in [6, 6.07) is 20.9. The zero-order valence-corrected chi connectivity index (χ0v) is 17.0. The molecule has 0 unspecified atom stereocenters. The molecule has 3 aromatic rings. The van der Waals surface area contributed by atoms with E-state index in [1.807, 2.05) is 6.07 Å². The van der Waals surface area contributed by atoms with Crippen LogP contribution in [0.25, 0.3) is 0 Å². The average Bonchev–Trinajstić information content (AvgIpc) is 2.73. The topological polar surface area (TPSA) is 102 Å². The third-order valence-corrected chi connectivity index (χ3v) is 5.36. The van der Waals surface area contributed by atoms with Gasteiger partial charge in [-0.2, -0.15) is 8.42 Å². The fraction of sp³-hybridized carbons (Fsp3) is 0.0909. The Kier molecular flexibility index (Phi) is 6.48. The van der Waals surface area contributed by atoms with E-state index in [-0.39, 0.29) is 22.1 Å². The quantitative estimate of drug-likeness (QED) is 0.567. The van der Waals surface area contributed by atoms with Crippen molar-refractivity contribution in [2.24, 2.45) is 0 Å². The second-order valence-electron chi connectivity index (χ2n) is 6.41. The number of anilines is 1. The highest BCUT2D eigenvalue weighted by Gasteiger charge is 2.21. The van der Waals surface area contributed by atoms with E-state index in [1.54, 1.807) is 48.5 Å². The maximum Gasteiger partial charge on any atom is 0.339 e. The summed E-state index contributed by atoms with van der Waals surface area (Å²) in [4.78, 5) is 23.5. The monoisotopic (exact) mass is 424 g/mol. The van der Waals surface area contributed by atoms with E-state index in [2.05, 4.69) is 10.6 Å². The molecule has 8 heteroatoms. The van der Waals surface area contributed by atoms with E-state index in [9.17, 15) is 18.0 Å². The lowest BCUT2D eigenvalue weighted by molar-refractivity contribution is -0.119. The van der Waals surface area contributed by atoms with Gasteiger partial charge in [-0.05, 0) is 42.0 Å². The smallest absolute Gasteiger partial charge is 0.339 e. The van der Waals surface area contributed by atoms with E-state index in [1.165, 1.54) is 31.2 Å². The van der Waals surface area contributed by atoms with Crippen molar-refractivity contribution in [3.8, 4) is 5.75 Å². The molecule has 30 heavy (non-hydrogen) atoms. The zero-order chi connectivity index (χ0) is 21.6. The Morgan fingerprint density at radius 2 is 1.50 bits per heavy atom. The second-order valence-corrected chi connectivity index (χ2v) is 7.95. The maximum atomic E-state index is 12.7. The molecule has 7 nitrogen and oxygen atoms in total. The molecule has 0 aromatic heterocycles. The van der Waals surface area contributed by atoms with Crippen LogP contribution < -0.4 is 14.8 Å². The lowest BCUT2D eigenvalue weighted by atomic mass is 10.2. The maximum absolute atomic E-state index is 12.7. The molecule has 0 heterocycles. The van der Waals surface area contributed by atoms with Crippen molar-refractivity contribution in [2.75, 3.05) is 5.32 Å². The SMILES string of the molecule is CC(=O)NCc1ccc(S(=O)(=O)Oc2ccccc2C(=O)Nc2ccccc2)cc1. The van der Waals surface area contributed by atoms with Crippen LogP contribution in [0.3, 0.4) is 0 Å². The molecule has 0 fully saturated rings. The molecule has 0 aliphatic carbocycles. The van der Waals surface area contributed by atoms with Gasteiger partial charge in [0, 0.05) is 19.2 Å². The van der Waals surface area contributed by atoms with E-state index < -0.39 is 16.0 Å². The number of hydrogen-bond donors (Lipinski definition) is 2. The summed E-state index contributed by atoms with van der Waals surface area (Å²) in [6.07, 6.45) is 0. The fourth-order valence-corrected chi connectivity index (χ4v) is 3.56. The van der Waals surface area contributed by atoms with E-state index in [4.69, 9.17) is 4.18 Å². The fourth-order valence-electron chi connectivity index (χ4n) is 2.61. The third-order valence-electron chi connectivity index (χ3n) is 4.12. The van der Waals surface area contributed by atoms with Crippen molar-refractivity contribution in [1.82, 2.24) is 5.32 Å². The van der Waals surface area contributed by atoms with Gasteiger partial charge in [0.1, 0.15) is 4.90 Å². The minimum Gasteiger partial charge on any atom is -0.378 e. The standard InChI is InChI=1S/C22H20N2O5S/c1-16(25)23-15-17-11-13-19(14-12-17)30(27,28)29-21-10-6-5-9-20(21)22(26)24-18-7-3-2-4-8-18/h2-14H,15H2,1H3,(H,23,25)(H,24,26). The lowest BCUT2D eigenvalue weighted by Crippen LogP contribution is -2.19. The van der Waals surface area contributed by atoms with Crippen LogP contribution in [0.5, 0.6) is 5.75 Å². The van der Waals surface area contributed by atoms with Crippen molar-refractivity contribution >= 4 is 27.6 Å². The van der Waals surface area contributed by atoms with Gasteiger partial charge in [0.2, 0.25) is 5.91 Å². The van der Waals surface area contributed by atoms with Crippen LogP contribution in [0.1, 0.15) is 22.8 Å². The average molecular weight is 424 g/mol. The van der Waals surface area contributed by atoms with Crippen LogP contribution in [0.2, 0.25) is 0 Å². The van der Waals surface area contributed by atoms with Gasteiger partial charge >= 0.3 is 10.1 Å². The van der Waals surface area contributed by atoms with Gasteiger partial charge in [0.15, 0.2) is 5.75 Å². The first-order chi connectivity index (χ1) is 14.3. The van der Waals surface area contributed by atoms with Gasteiger partial charge in [-0.25, -0.2) is 0 Å². The minimum absolute atomic E-state index is 0.0626. The molecule has 0 aliphatic rings. The van der Waals surface area contributed by atoms with Crippen molar-refractivity contribution in [3.05, 3.63) is 90.0 Å². The first kappa shape index (κ1) is 21.1. The minimum atomic E-state index is -4.16. The van der Waals surface area contributed by atoms with Gasteiger partial charge in [0.25, 0.3) is 5.91 Å². The van der Waals surface area contributed by atoms with Crippen LogP contribution >= 0.6 is 0 Å². The molecule has 0 saturated carbocycles. The van der Waals surface area contributed by atoms with Crippen LogP contribution in [0.15, 0.2) is 83.8 Å². The number of rotatable bonds is 7. The molecule has 0 atom stereocenters. The summed E-state index contributed by atoms with van der Waals surface area (Å²) in [6.45, 7) is 1.69. The van der Waals surface area contributed by atoms with E-state index in [0.29, 0.717) is 12.2 Å². The van der Waals surface area contributed by atoms with Gasteiger partial charge < -0.3 is 14.8 Å².